The SMILES string of the molecule is CC(C(=O)Nc1c(F)cccc1F)S(=O)(=O)Cc1nccn1Cc1ccccc1. The van der Waals surface area contributed by atoms with Gasteiger partial charge in [-0.2, -0.15) is 0 Å². The van der Waals surface area contributed by atoms with Crippen LogP contribution in [0.5, 0.6) is 0 Å². The van der Waals surface area contributed by atoms with E-state index in [4.69, 9.17) is 0 Å². The van der Waals surface area contributed by atoms with E-state index < -0.39 is 44.1 Å². The van der Waals surface area contributed by atoms with Crippen LogP contribution in [0.2, 0.25) is 0 Å². The van der Waals surface area contributed by atoms with Crippen molar-refractivity contribution in [1.29, 1.82) is 0 Å². The fraction of sp³-hybridized carbons (Fsp3) is 0.200. The van der Waals surface area contributed by atoms with Gasteiger partial charge in [-0.1, -0.05) is 36.4 Å². The van der Waals surface area contributed by atoms with Gasteiger partial charge in [0.1, 0.15) is 34.1 Å². The van der Waals surface area contributed by atoms with Crippen LogP contribution in [0.15, 0.2) is 60.9 Å². The molecule has 3 rings (SSSR count). The first-order chi connectivity index (χ1) is 13.8. The van der Waals surface area contributed by atoms with Crippen molar-refractivity contribution in [2.24, 2.45) is 0 Å². The Labute approximate surface area is 167 Å². The number of rotatable bonds is 7. The van der Waals surface area contributed by atoms with Gasteiger partial charge < -0.3 is 9.88 Å². The fourth-order valence-electron chi connectivity index (χ4n) is 2.71. The molecule has 0 saturated heterocycles. The van der Waals surface area contributed by atoms with Gasteiger partial charge in [-0.05, 0) is 24.6 Å². The molecule has 152 valence electrons. The van der Waals surface area contributed by atoms with E-state index in [1.54, 1.807) is 10.8 Å². The van der Waals surface area contributed by atoms with Crippen LogP contribution < -0.4 is 5.32 Å². The minimum absolute atomic E-state index is 0.269. The quantitative estimate of drug-likeness (QED) is 0.638. The molecule has 0 fully saturated rings. The Balaban J connectivity index is 1.74. The molecule has 0 radical (unpaired) electrons. The number of para-hydroxylation sites is 1. The van der Waals surface area contributed by atoms with Crippen molar-refractivity contribution < 1.29 is 22.0 Å². The minimum Gasteiger partial charge on any atom is -0.330 e. The first-order valence-electron chi connectivity index (χ1n) is 8.78. The van der Waals surface area contributed by atoms with Gasteiger partial charge in [0, 0.05) is 18.9 Å². The number of benzene rings is 2. The van der Waals surface area contributed by atoms with Crippen LogP contribution in [0.4, 0.5) is 14.5 Å². The first kappa shape index (κ1) is 20.7. The molecular formula is C20H19F2N3O3S. The molecule has 1 N–H and O–H groups in total. The molecule has 9 heteroatoms. The number of hydrogen-bond acceptors (Lipinski definition) is 4. The van der Waals surface area contributed by atoms with Gasteiger partial charge >= 0.3 is 0 Å². The predicted molar refractivity (Wildman–Crippen MR) is 105 cm³/mol. The molecule has 1 amide bonds. The summed E-state index contributed by atoms with van der Waals surface area (Å²) >= 11 is 0. The van der Waals surface area contributed by atoms with E-state index in [9.17, 15) is 22.0 Å². The Bertz CT molecular complexity index is 1090. The van der Waals surface area contributed by atoms with Crippen molar-refractivity contribution >= 4 is 21.4 Å². The van der Waals surface area contributed by atoms with Crippen LogP contribution in [0, 0.1) is 11.6 Å². The Morgan fingerprint density at radius 1 is 1.10 bits per heavy atom. The van der Waals surface area contributed by atoms with E-state index in [2.05, 4.69) is 4.98 Å². The minimum atomic E-state index is -3.98. The zero-order chi connectivity index (χ0) is 21.0. The van der Waals surface area contributed by atoms with Crippen molar-refractivity contribution in [3.05, 3.63) is 83.9 Å². The summed E-state index contributed by atoms with van der Waals surface area (Å²) in [5.41, 5.74) is 0.287. The number of carbonyl (C=O) groups excluding carboxylic acids is 1. The summed E-state index contributed by atoms with van der Waals surface area (Å²) in [6, 6.07) is 12.5. The smallest absolute Gasteiger partial charge is 0.242 e. The summed E-state index contributed by atoms with van der Waals surface area (Å²) in [6.07, 6.45) is 3.13. The Morgan fingerprint density at radius 3 is 2.41 bits per heavy atom. The molecule has 6 nitrogen and oxygen atoms in total. The number of nitrogens with one attached hydrogen (secondary N) is 1. The first-order valence-corrected chi connectivity index (χ1v) is 10.5. The molecule has 0 aliphatic rings. The van der Waals surface area contributed by atoms with Crippen LogP contribution in [-0.2, 0) is 26.9 Å². The number of sulfone groups is 1. The Hall–Kier alpha value is -3.07. The standard InChI is InChI=1S/C20H19F2N3O3S/c1-14(20(26)24-19-16(21)8-5-9-17(19)22)29(27,28)13-18-23-10-11-25(18)12-15-6-3-2-4-7-15/h2-11,14H,12-13H2,1H3,(H,24,26). The third-order valence-corrected chi connectivity index (χ3v) is 6.40. The van der Waals surface area contributed by atoms with E-state index in [1.165, 1.54) is 13.1 Å². The lowest BCUT2D eigenvalue weighted by atomic mass is 10.2. The van der Waals surface area contributed by atoms with E-state index in [1.807, 2.05) is 35.6 Å². The number of halogens is 2. The molecule has 1 unspecified atom stereocenters. The van der Waals surface area contributed by atoms with Gasteiger partial charge in [0.15, 0.2) is 9.84 Å². The van der Waals surface area contributed by atoms with Gasteiger partial charge in [0.2, 0.25) is 5.91 Å². The average molecular weight is 419 g/mol. The molecule has 0 aliphatic carbocycles. The number of aromatic nitrogens is 2. The number of amides is 1. The fourth-order valence-corrected chi connectivity index (χ4v) is 3.95. The van der Waals surface area contributed by atoms with Crippen LogP contribution in [-0.4, -0.2) is 29.1 Å². The van der Waals surface area contributed by atoms with E-state index in [0.717, 1.165) is 23.8 Å². The van der Waals surface area contributed by atoms with Gasteiger partial charge in [0.25, 0.3) is 0 Å². The molecule has 1 heterocycles. The molecule has 29 heavy (non-hydrogen) atoms. The van der Waals surface area contributed by atoms with Crippen molar-refractivity contribution in [3.8, 4) is 0 Å². The van der Waals surface area contributed by atoms with E-state index in [0.29, 0.717) is 6.54 Å². The summed E-state index contributed by atoms with van der Waals surface area (Å²) in [5, 5.41) is 0.498. The maximum absolute atomic E-state index is 13.7. The number of hydrogen-bond donors (Lipinski definition) is 1. The lowest BCUT2D eigenvalue weighted by molar-refractivity contribution is -0.115. The van der Waals surface area contributed by atoms with Gasteiger partial charge in [-0.3, -0.25) is 4.79 Å². The third-order valence-electron chi connectivity index (χ3n) is 4.45. The number of anilines is 1. The van der Waals surface area contributed by atoms with Crippen LogP contribution >= 0.6 is 0 Å². The lowest BCUT2D eigenvalue weighted by Gasteiger charge is -2.15. The average Bonchev–Trinajstić information content (AvgIpc) is 3.10. The molecule has 1 atom stereocenters. The maximum Gasteiger partial charge on any atom is 0.242 e. The Morgan fingerprint density at radius 2 is 1.76 bits per heavy atom. The second-order valence-corrected chi connectivity index (χ2v) is 8.81. The van der Waals surface area contributed by atoms with Crippen LogP contribution in [0.25, 0.3) is 0 Å². The molecule has 1 aromatic heterocycles. The highest BCUT2D eigenvalue weighted by molar-refractivity contribution is 7.92. The largest absolute Gasteiger partial charge is 0.330 e. The third kappa shape index (κ3) is 4.86. The molecule has 2 aromatic carbocycles. The molecule has 0 spiro atoms. The van der Waals surface area contributed by atoms with Crippen molar-refractivity contribution in [3.63, 3.8) is 0 Å². The van der Waals surface area contributed by atoms with E-state index >= 15 is 0 Å². The molecule has 0 bridgehead atoms. The molecular weight excluding hydrogens is 400 g/mol. The summed E-state index contributed by atoms with van der Waals surface area (Å²) in [5.74, 6) is -3.20. The van der Waals surface area contributed by atoms with Gasteiger partial charge in [0.05, 0.1) is 0 Å². The summed E-state index contributed by atoms with van der Waals surface area (Å²) in [4.78, 5) is 16.4. The van der Waals surface area contributed by atoms with Gasteiger partial charge in [-0.25, -0.2) is 22.2 Å². The number of nitrogens with zero attached hydrogens (tertiary/aromatic N) is 2. The second kappa shape index (κ2) is 8.52. The topological polar surface area (TPSA) is 81.1 Å². The highest BCUT2D eigenvalue weighted by Gasteiger charge is 2.30. The van der Waals surface area contributed by atoms with Crippen molar-refractivity contribution in [2.45, 2.75) is 24.5 Å². The zero-order valence-corrected chi connectivity index (χ0v) is 16.4. The van der Waals surface area contributed by atoms with Crippen LogP contribution in [0.1, 0.15) is 18.3 Å². The van der Waals surface area contributed by atoms with E-state index in [-0.39, 0.29) is 5.82 Å². The monoisotopic (exact) mass is 419 g/mol. The normalized spacial score (nSPS) is 12.5. The predicted octanol–water partition coefficient (Wildman–Crippen LogP) is 3.15. The maximum atomic E-state index is 13.7. The molecule has 0 saturated carbocycles. The van der Waals surface area contributed by atoms with Crippen molar-refractivity contribution in [2.75, 3.05) is 5.32 Å². The summed E-state index contributed by atoms with van der Waals surface area (Å²) in [7, 11) is -3.98. The van der Waals surface area contributed by atoms with Gasteiger partial charge in [-0.15, -0.1) is 0 Å². The van der Waals surface area contributed by atoms with Crippen molar-refractivity contribution in [1.82, 2.24) is 9.55 Å². The summed E-state index contributed by atoms with van der Waals surface area (Å²) in [6.45, 7) is 1.60. The highest BCUT2D eigenvalue weighted by Crippen LogP contribution is 2.20. The summed E-state index contributed by atoms with van der Waals surface area (Å²) < 4.78 is 54.5. The Kier molecular flexibility index (Phi) is 6.07. The number of imidazole rings is 1. The highest BCUT2D eigenvalue weighted by atomic mass is 32.2. The number of carbonyl (C=O) groups is 1. The lowest BCUT2D eigenvalue weighted by Crippen LogP contribution is -2.34. The molecule has 3 aromatic rings. The zero-order valence-electron chi connectivity index (χ0n) is 15.5. The second-order valence-electron chi connectivity index (χ2n) is 6.49. The van der Waals surface area contributed by atoms with Crippen LogP contribution in [0.3, 0.4) is 0 Å². The molecule has 0 aliphatic heterocycles.